The molecule has 1 atom stereocenters. The van der Waals surface area contributed by atoms with Gasteiger partial charge in [-0.15, -0.1) is 0 Å². The van der Waals surface area contributed by atoms with E-state index in [2.05, 4.69) is 31.3 Å². The van der Waals surface area contributed by atoms with E-state index in [1.807, 2.05) is 6.92 Å². The molecule has 1 saturated heterocycles. The topological polar surface area (TPSA) is 112 Å². The zero-order valence-corrected chi connectivity index (χ0v) is 17.7. The lowest BCUT2D eigenvalue weighted by atomic mass is 10.1. The Hall–Kier alpha value is -3.66. The lowest BCUT2D eigenvalue weighted by molar-refractivity contribution is -0.115. The standard InChI is InChI=1S/C21H19ClFN7O2/c1-10(14-7-12(22)2-5-15(14)23)25-17-8-18(26-13-3-4-13)30-19(28-17)11(9-24-30)6-16-20(31)29-21(32)27-16/h2,5-10,13,26H,3-4H2,1H3,(H,25,28)(H2,27,29,31,32)/b16-6-/t10-/m0/s1. The van der Waals surface area contributed by atoms with Gasteiger partial charge < -0.3 is 16.0 Å². The number of fused-ring (bicyclic) bond motifs is 1. The van der Waals surface area contributed by atoms with E-state index >= 15 is 0 Å². The van der Waals surface area contributed by atoms with Gasteiger partial charge in [-0.2, -0.15) is 9.61 Å². The zero-order valence-electron chi connectivity index (χ0n) is 16.9. The predicted octanol–water partition coefficient (Wildman–Crippen LogP) is 3.45. The highest BCUT2D eigenvalue weighted by atomic mass is 35.5. The SMILES string of the molecule is C[C@H](Nc1cc(NC2CC2)n2ncc(/C=C3\NC(=O)NC3=O)c2n1)c1cc(Cl)ccc1F. The highest BCUT2D eigenvalue weighted by Gasteiger charge is 2.25. The first-order chi connectivity index (χ1) is 15.4. The first-order valence-corrected chi connectivity index (χ1v) is 10.5. The summed E-state index contributed by atoms with van der Waals surface area (Å²) in [4.78, 5) is 28.0. The van der Waals surface area contributed by atoms with E-state index in [1.165, 1.54) is 18.2 Å². The largest absolute Gasteiger partial charge is 0.367 e. The van der Waals surface area contributed by atoms with E-state index in [-0.39, 0.29) is 11.5 Å². The molecule has 1 saturated carbocycles. The van der Waals surface area contributed by atoms with Crippen molar-refractivity contribution in [1.29, 1.82) is 0 Å². The van der Waals surface area contributed by atoms with Crippen LogP contribution in [0, 0.1) is 5.82 Å². The van der Waals surface area contributed by atoms with Gasteiger partial charge >= 0.3 is 6.03 Å². The second kappa shape index (κ2) is 7.79. The minimum atomic E-state index is -0.582. The van der Waals surface area contributed by atoms with Gasteiger partial charge in [-0.3, -0.25) is 10.1 Å². The smallest absolute Gasteiger partial charge is 0.326 e. The summed E-state index contributed by atoms with van der Waals surface area (Å²) in [6.45, 7) is 1.81. The molecule has 4 N–H and O–H groups in total. The summed E-state index contributed by atoms with van der Waals surface area (Å²) in [6.07, 6.45) is 5.19. The number of rotatable bonds is 6. The fourth-order valence-corrected chi connectivity index (χ4v) is 3.66. The molecule has 0 spiro atoms. The number of anilines is 2. The molecule has 0 radical (unpaired) electrons. The molecule has 2 aliphatic rings. The molecule has 5 rings (SSSR count). The highest BCUT2D eigenvalue weighted by Crippen LogP contribution is 2.29. The molecule has 1 aliphatic heterocycles. The number of aromatic nitrogens is 3. The molecule has 1 aliphatic carbocycles. The van der Waals surface area contributed by atoms with Crippen LogP contribution in [-0.4, -0.2) is 32.6 Å². The van der Waals surface area contributed by atoms with Gasteiger partial charge in [0.1, 0.15) is 23.1 Å². The zero-order chi connectivity index (χ0) is 22.4. The quantitative estimate of drug-likeness (QED) is 0.334. The van der Waals surface area contributed by atoms with Gasteiger partial charge in [0, 0.05) is 28.3 Å². The summed E-state index contributed by atoms with van der Waals surface area (Å²) in [5, 5.41) is 16.1. The van der Waals surface area contributed by atoms with E-state index in [9.17, 15) is 14.0 Å². The maximum absolute atomic E-state index is 14.3. The average Bonchev–Trinajstić information content (AvgIpc) is 3.38. The molecule has 0 bridgehead atoms. The molecule has 11 heteroatoms. The van der Waals surface area contributed by atoms with Crippen molar-refractivity contribution in [3.63, 3.8) is 0 Å². The van der Waals surface area contributed by atoms with Gasteiger partial charge in [-0.05, 0) is 44.0 Å². The third kappa shape index (κ3) is 3.96. The van der Waals surface area contributed by atoms with Crippen molar-refractivity contribution in [2.24, 2.45) is 0 Å². The van der Waals surface area contributed by atoms with Gasteiger partial charge in [0.25, 0.3) is 5.91 Å². The summed E-state index contributed by atoms with van der Waals surface area (Å²) < 4.78 is 16.0. The molecular formula is C21H19ClFN7O2. The minimum Gasteiger partial charge on any atom is -0.367 e. The molecule has 9 nitrogen and oxygen atoms in total. The van der Waals surface area contributed by atoms with Crippen molar-refractivity contribution < 1.29 is 14.0 Å². The van der Waals surface area contributed by atoms with Crippen LogP contribution < -0.4 is 21.3 Å². The Kier molecular flexibility index (Phi) is 4.93. The molecule has 1 aromatic carbocycles. The van der Waals surface area contributed by atoms with Crippen LogP contribution in [0.2, 0.25) is 5.02 Å². The maximum Gasteiger partial charge on any atom is 0.326 e. The molecule has 3 aromatic rings. The van der Waals surface area contributed by atoms with Crippen LogP contribution in [0.3, 0.4) is 0 Å². The van der Waals surface area contributed by atoms with E-state index in [0.29, 0.717) is 39.5 Å². The summed E-state index contributed by atoms with van der Waals surface area (Å²) in [6, 6.07) is 5.56. The van der Waals surface area contributed by atoms with Crippen molar-refractivity contribution in [2.45, 2.75) is 31.8 Å². The van der Waals surface area contributed by atoms with Crippen LogP contribution in [-0.2, 0) is 4.79 Å². The number of benzene rings is 1. The average molecular weight is 456 g/mol. The van der Waals surface area contributed by atoms with Crippen molar-refractivity contribution >= 4 is 46.9 Å². The first kappa shape index (κ1) is 20.3. The van der Waals surface area contributed by atoms with Crippen molar-refractivity contribution in [1.82, 2.24) is 25.2 Å². The van der Waals surface area contributed by atoms with E-state index in [0.717, 1.165) is 12.8 Å². The molecule has 3 heterocycles. The number of carbonyl (C=O) groups excluding carboxylic acids is 2. The van der Waals surface area contributed by atoms with Crippen LogP contribution in [0.1, 0.15) is 36.9 Å². The maximum atomic E-state index is 14.3. The molecule has 32 heavy (non-hydrogen) atoms. The van der Waals surface area contributed by atoms with Crippen molar-refractivity contribution in [2.75, 3.05) is 10.6 Å². The summed E-state index contributed by atoms with van der Waals surface area (Å²) in [7, 11) is 0. The van der Waals surface area contributed by atoms with Crippen molar-refractivity contribution in [3.8, 4) is 0 Å². The van der Waals surface area contributed by atoms with Gasteiger partial charge in [0.2, 0.25) is 0 Å². The Morgan fingerprint density at radius 3 is 2.81 bits per heavy atom. The molecule has 164 valence electrons. The number of urea groups is 1. The number of halogens is 2. The van der Waals surface area contributed by atoms with E-state index < -0.39 is 18.0 Å². The summed E-state index contributed by atoms with van der Waals surface area (Å²) in [5.74, 6) is 0.311. The van der Waals surface area contributed by atoms with Gasteiger partial charge in [-0.25, -0.2) is 14.2 Å². The number of hydrogen-bond acceptors (Lipinski definition) is 6. The fourth-order valence-electron chi connectivity index (χ4n) is 3.48. The van der Waals surface area contributed by atoms with Crippen LogP contribution in [0.4, 0.5) is 20.8 Å². The van der Waals surface area contributed by atoms with Crippen LogP contribution in [0.5, 0.6) is 0 Å². The molecular weight excluding hydrogens is 437 g/mol. The van der Waals surface area contributed by atoms with Gasteiger partial charge in [0.15, 0.2) is 5.65 Å². The third-order valence-corrected chi connectivity index (χ3v) is 5.47. The number of nitrogens with one attached hydrogen (secondary N) is 4. The predicted molar refractivity (Wildman–Crippen MR) is 118 cm³/mol. The summed E-state index contributed by atoms with van der Waals surface area (Å²) >= 11 is 6.04. The lowest BCUT2D eigenvalue weighted by Crippen LogP contribution is -2.22. The Labute approximate surface area is 187 Å². The first-order valence-electron chi connectivity index (χ1n) is 10.1. The van der Waals surface area contributed by atoms with Crippen LogP contribution >= 0.6 is 11.6 Å². The van der Waals surface area contributed by atoms with Crippen LogP contribution in [0.15, 0.2) is 36.2 Å². The minimum absolute atomic E-state index is 0.108. The van der Waals surface area contributed by atoms with E-state index in [4.69, 9.17) is 11.6 Å². The molecule has 2 aromatic heterocycles. The molecule has 0 unspecified atom stereocenters. The molecule has 3 amide bonds. The number of hydrogen-bond donors (Lipinski definition) is 4. The summed E-state index contributed by atoms with van der Waals surface area (Å²) in [5.41, 5.74) is 1.54. The molecule has 2 fully saturated rings. The Morgan fingerprint density at radius 1 is 1.28 bits per heavy atom. The fraction of sp³-hybridized carbons (Fsp3) is 0.238. The number of carbonyl (C=O) groups is 2. The van der Waals surface area contributed by atoms with E-state index in [1.54, 1.807) is 22.8 Å². The van der Waals surface area contributed by atoms with Gasteiger partial charge in [-0.1, -0.05) is 11.6 Å². The van der Waals surface area contributed by atoms with Crippen LogP contribution in [0.25, 0.3) is 11.7 Å². The number of nitrogens with zero attached hydrogens (tertiary/aromatic N) is 3. The number of imide groups is 1. The third-order valence-electron chi connectivity index (χ3n) is 5.24. The monoisotopic (exact) mass is 455 g/mol. The van der Waals surface area contributed by atoms with Gasteiger partial charge in [0.05, 0.1) is 12.2 Å². The second-order valence-corrected chi connectivity index (χ2v) is 8.22. The second-order valence-electron chi connectivity index (χ2n) is 7.78. The number of amides is 3. The highest BCUT2D eigenvalue weighted by molar-refractivity contribution is 6.30. The Bertz CT molecular complexity index is 1280. The van der Waals surface area contributed by atoms with Crippen molar-refractivity contribution in [3.05, 3.63) is 58.1 Å². The Morgan fingerprint density at radius 2 is 2.09 bits per heavy atom. The Balaban J connectivity index is 1.53. The lowest BCUT2D eigenvalue weighted by Gasteiger charge is -2.17. The normalized spacial score (nSPS) is 18.0.